The number of thiophene rings is 1. The Morgan fingerprint density at radius 2 is 2.13 bits per heavy atom. The molecule has 4 rings (SSSR count). The summed E-state index contributed by atoms with van der Waals surface area (Å²) in [5.74, 6) is 1.82. The second-order valence-electron chi connectivity index (χ2n) is 7.67. The molecule has 30 heavy (non-hydrogen) atoms. The first-order valence-electron chi connectivity index (χ1n) is 10.5. The van der Waals surface area contributed by atoms with E-state index in [1.54, 1.807) is 11.3 Å². The third-order valence-electron chi connectivity index (χ3n) is 5.62. The minimum atomic E-state index is 0.111. The van der Waals surface area contributed by atoms with E-state index in [2.05, 4.69) is 46.8 Å². The van der Waals surface area contributed by atoms with E-state index in [9.17, 15) is 4.79 Å². The Kier molecular flexibility index (Phi) is 7.02. The van der Waals surface area contributed by atoms with Crippen LogP contribution >= 0.6 is 23.1 Å². The lowest BCUT2D eigenvalue weighted by atomic mass is 9.97. The van der Waals surface area contributed by atoms with E-state index in [4.69, 9.17) is 4.74 Å². The molecule has 0 N–H and O–H groups in total. The average Bonchev–Trinajstić information content (AvgIpc) is 3.54. The molecule has 1 aliphatic rings. The molecule has 0 amide bonds. The molecule has 7 heteroatoms. The van der Waals surface area contributed by atoms with Crippen molar-refractivity contribution < 1.29 is 9.53 Å². The van der Waals surface area contributed by atoms with E-state index in [-0.39, 0.29) is 11.9 Å². The number of ether oxygens (including phenoxy) is 1. The van der Waals surface area contributed by atoms with Gasteiger partial charge in [-0.05, 0) is 42.2 Å². The summed E-state index contributed by atoms with van der Waals surface area (Å²) in [6, 6.07) is 12.1. The molecule has 1 aromatic carbocycles. The Labute approximate surface area is 185 Å². The summed E-state index contributed by atoms with van der Waals surface area (Å²) in [6.07, 6.45) is 3.42. The fraction of sp³-hybridized carbons (Fsp3) is 0.435. The van der Waals surface area contributed by atoms with Crippen molar-refractivity contribution in [2.24, 2.45) is 0 Å². The average molecular weight is 442 g/mol. The molecule has 2 unspecified atom stereocenters. The maximum atomic E-state index is 12.8. The van der Waals surface area contributed by atoms with Crippen molar-refractivity contribution in [3.63, 3.8) is 0 Å². The van der Waals surface area contributed by atoms with Gasteiger partial charge >= 0.3 is 0 Å². The Balaban J connectivity index is 1.47. The van der Waals surface area contributed by atoms with Gasteiger partial charge in [0.05, 0.1) is 23.3 Å². The maximum absolute atomic E-state index is 12.8. The van der Waals surface area contributed by atoms with Crippen molar-refractivity contribution >= 4 is 28.9 Å². The van der Waals surface area contributed by atoms with Crippen LogP contribution in [0.4, 0.5) is 0 Å². The van der Waals surface area contributed by atoms with Crippen LogP contribution in [0, 0.1) is 0 Å². The standard InChI is InChI=1S/C23H27N3O2S2/c1-3-16(2)17-8-10-18(11-9-17)20(27)15-30-23-25-24-22(21-7-5-13-29-21)26(23)14-19-6-4-12-28-19/h5,7-11,13,16,19H,3-4,6,12,14-15H2,1-2H3. The van der Waals surface area contributed by atoms with E-state index in [1.807, 2.05) is 23.6 Å². The topological polar surface area (TPSA) is 57.0 Å². The zero-order valence-electron chi connectivity index (χ0n) is 17.4. The summed E-state index contributed by atoms with van der Waals surface area (Å²) in [4.78, 5) is 13.8. The fourth-order valence-electron chi connectivity index (χ4n) is 3.59. The van der Waals surface area contributed by atoms with Crippen molar-refractivity contribution in [3.05, 3.63) is 52.9 Å². The molecule has 0 aliphatic carbocycles. The van der Waals surface area contributed by atoms with Crippen molar-refractivity contribution in [2.75, 3.05) is 12.4 Å². The smallest absolute Gasteiger partial charge is 0.192 e. The number of ketones is 1. The van der Waals surface area contributed by atoms with Gasteiger partial charge in [0.15, 0.2) is 16.8 Å². The number of benzene rings is 1. The second-order valence-corrected chi connectivity index (χ2v) is 9.56. The first-order valence-corrected chi connectivity index (χ1v) is 12.4. The lowest BCUT2D eigenvalue weighted by molar-refractivity contribution is 0.0953. The largest absolute Gasteiger partial charge is 0.376 e. The van der Waals surface area contributed by atoms with Gasteiger partial charge in [0, 0.05) is 12.2 Å². The molecular weight excluding hydrogens is 414 g/mol. The number of hydrogen-bond donors (Lipinski definition) is 0. The molecule has 1 aliphatic heterocycles. The van der Waals surface area contributed by atoms with E-state index in [0.717, 1.165) is 53.8 Å². The Morgan fingerprint density at radius 3 is 2.80 bits per heavy atom. The van der Waals surface area contributed by atoms with Crippen LogP contribution in [0.2, 0.25) is 0 Å². The van der Waals surface area contributed by atoms with Crippen LogP contribution in [-0.4, -0.2) is 39.0 Å². The van der Waals surface area contributed by atoms with Gasteiger partial charge in [0.1, 0.15) is 0 Å². The second kappa shape index (κ2) is 9.90. The van der Waals surface area contributed by atoms with Gasteiger partial charge in [-0.3, -0.25) is 9.36 Å². The van der Waals surface area contributed by atoms with Crippen LogP contribution in [-0.2, 0) is 11.3 Å². The van der Waals surface area contributed by atoms with Crippen LogP contribution in [0.3, 0.4) is 0 Å². The third kappa shape index (κ3) is 4.85. The molecule has 1 saturated heterocycles. The highest BCUT2D eigenvalue weighted by Gasteiger charge is 2.22. The predicted molar refractivity (Wildman–Crippen MR) is 123 cm³/mol. The number of Topliss-reactive ketones (excluding diaryl/α,β-unsaturated/α-hetero) is 1. The maximum Gasteiger partial charge on any atom is 0.192 e. The normalized spacial score (nSPS) is 17.3. The number of carbonyl (C=O) groups excluding carboxylic acids is 1. The van der Waals surface area contributed by atoms with Gasteiger partial charge in [-0.25, -0.2) is 0 Å². The molecule has 5 nitrogen and oxygen atoms in total. The van der Waals surface area contributed by atoms with Gasteiger partial charge < -0.3 is 4.74 Å². The highest BCUT2D eigenvalue weighted by atomic mass is 32.2. The number of rotatable bonds is 9. The molecular formula is C23H27N3O2S2. The van der Waals surface area contributed by atoms with Gasteiger partial charge in [-0.15, -0.1) is 21.5 Å². The van der Waals surface area contributed by atoms with Crippen LogP contribution in [0.15, 0.2) is 46.9 Å². The highest BCUT2D eigenvalue weighted by Crippen LogP contribution is 2.29. The number of hydrogen-bond acceptors (Lipinski definition) is 6. The molecule has 0 saturated carbocycles. The van der Waals surface area contributed by atoms with Crippen molar-refractivity contribution in [2.45, 2.75) is 56.8 Å². The Morgan fingerprint density at radius 1 is 1.30 bits per heavy atom. The first-order chi connectivity index (χ1) is 14.7. The SMILES string of the molecule is CCC(C)c1ccc(C(=O)CSc2nnc(-c3cccs3)n2CC2CCCO2)cc1. The molecule has 0 radical (unpaired) electrons. The summed E-state index contributed by atoms with van der Waals surface area (Å²) in [5.41, 5.74) is 2.02. The molecule has 0 bridgehead atoms. The van der Waals surface area contributed by atoms with E-state index < -0.39 is 0 Å². The molecule has 3 heterocycles. The molecule has 3 aromatic rings. The summed E-state index contributed by atoms with van der Waals surface area (Å²) in [6.45, 7) is 5.92. The van der Waals surface area contributed by atoms with Crippen molar-refractivity contribution in [1.29, 1.82) is 0 Å². The molecule has 0 spiro atoms. The van der Waals surface area contributed by atoms with Crippen molar-refractivity contribution in [1.82, 2.24) is 14.8 Å². The molecule has 158 valence electrons. The van der Waals surface area contributed by atoms with E-state index in [0.29, 0.717) is 11.7 Å². The number of carbonyl (C=O) groups is 1. The van der Waals surface area contributed by atoms with Gasteiger partial charge in [-0.2, -0.15) is 0 Å². The van der Waals surface area contributed by atoms with Gasteiger partial charge in [0.25, 0.3) is 0 Å². The fourth-order valence-corrected chi connectivity index (χ4v) is 5.15. The van der Waals surface area contributed by atoms with Crippen LogP contribution < -0.4 is 0 Å². The summed E-state index contributed by atoms with van der Waals surface area (Å²) in [5, 5.41) is 11.6. The quantitative estimate of drug-likeness (QED) is 0.316. The highest BCUT2D eigenvalue weighted by molar-refractivity contribution is 7.99. The monoisotopic (exact) mass is 441 g/mol. The lowest BCUT2D eigenvalue weighted by Crippen LogP contribution is -2.17. The minimum Gasteiger partial charge on any atom is -0.376 e. The van der Waals surface area contributed by atoms with Gasteiger partial charge in [0.2, 0.25) is 0 Å². The van der Waals surface area contributed by atoms with Crippen LogP contribution in [0.5, 0.6) is 0 Å². The first kappa shape index (κ1) is 21.3. The summed E-state index contributed by atoms with van der Waals surface area (Å²) in [7, 11) is 0. The zero-order chi connectivity index (χ0) is 20.9. The number of nitrogens with zero attached hydrogens (tertiary/aromatic N) is 3. The van der Waals surface area contributed by atoms with Crippen LogP contribution in [0.1, 0.15) is 54.9 Å². The van der Waals surface area contributed by atoms with Crippen molar-refractivity contribution in [3.8, 4) is 10.7 Å². The third-order valence-corrected chi connectivity index (χ3v) is 7.45. The molecule has 1 fully saturated rings. The number of thioether (sulfide) groups is 1. The zero-order valence-corrected chi connectivity index (χ0v) is 19.0. The van der Waals surface area contributed by atoms with Gasteiger partial charge in [-0.1, -0.05) is 55.9 Å². The Bertz CT molecular complexity index is 961. The Hall–Kier alpha value is -1.96. The summed E-state index contributed by atoms with van der Waals surface area (Å²) < 4.78 is 7.96. The molecule has 2 atom stereocenters. The number of aromatic nitrogens is 3. The summed E-state index contributed by atoms with van der Waals surface area (Å²) >= 11 is 3.10. The minimum absolute atomic E-state index is 0.111. The lowest BCUT2D eigenvalue weighted by Gasteiger charge is -2.14. The van der Waals surface area contributed by atoms with E-state index in [1.165, 1.54) is 17.3 Å². The molecule has 2 aromatic heterocycles. The van der Waals surface area contributed by atoms with Crippen LogP contribution in [0.25, 0.3) is 10.7 Å². The van der Waals surface area contributed by atoms with E-state index >= 15 is 0 Å². The predicted octanol–water partition coefficient (Wildman–Crippen LogP) is 5.67.